The fourth-order valence-corrected chi connectivity index (χ4v) is 2.53. The van der Waals surface area contributed by atoms with Crippen LogP contribution in [0.25, 0.3) is 0 Å². The van der Waals surface area contributed by atoms with E-state index in [1.54, 1.807) is 6.07 Å². The van der Waals surface area contributed by atoms with Gasteiger partial charge in [-0.05, 0) is 24.6 Å². The molecule has 17 heavy (non-hydrogen) atoms. The number of rotatable bonds is 1. The third-order valence-electron chi connectivity index (χ3n) is 3.39. The van der Waals surface area contributed by atoms with Gasteiger partial charge in [-0.25, -0.2) is 4.39 Å². The first-order chi connectivity index (χ1) is 8.21. The molecule has 0 aromatic heterocycles. The lowest BCUT2D eigenvalue weighted by Crippen LogP contribution is -2.52. The van der Waals surface area contributed by atoms with E-state index in [2.05, 4.69) is 4.99 Å². The average molecular weight is 235 g/mol. The summed E-state index contributed by atoms with van der Waals surface area (Å²) in [6, 6.07) is 6.43. The molecule has 1 fully saturated rings. The first-order valence-electron chi connectivity index (χ1n) is 5.65. The number of anilines is 1. The van der Waals surface area contributed by atoms with Crippen LogP contribution >= 0.6 is 0 Å². The smallest absolute Gasteiger partial charge is 0.196 e. The van der Waals surface area contributed by atoms with Crippen LogP contribution in [0.2, 0.25) is 0 Å². The number of aliphatic imine (C=N–C) groups is 1. The molecule has 5 heteroatoms. The summed E-state index contributed by atoms with van der Waals surface area (Å²) < 4.78 is 18.7. The summed E-state index contributed by atoms with van der Waals surface area (Å²) in [5.74, 6) is 0.178. The predicted molar refractivity (Wildman–Crippen MR) is 63.5 cm³/mol. The van der Waals surface area contributed by atoms with E-state index in [1.165, 1.54) is 12.1 Å². The van der Waals surface area contributed by atoms with Gasteiger partial charge >= 0.3 is 0 Å². The summed E-state index contributed by atoms with van der Waals surface area (Å²) in [6.45, 7) is 1.91. The van der Waals surface area contributed by atoms with E-state index in [-0.39, 0.29) is 11.4 Å². The summed E-state index contributed by atoms with van der Waals surface area (Å²) in [7, 11) is 0. The summed E-state index contributed by atoms with van der Waals surface area (Å²) in [6.07, 6.45) is 0.869. The lowest BCUT2D eigenvalue weighted by molar-refractivity contribution is 0.181. The fourth-order valence-electron chi connectivity index (χ4n) is 2.53. The van der Waals surface area contributed by atoms with Crippen LogP contribution in [0.5, 0.6) is 0 Å². The van der Waals surface area contributed by atoms with Crippen molar-refractivity contribution in [2.24, 2.45) is 10.7 Å². The number of benzene rings is 1. The van der Waals surface area contributed by atoms with Crippen molar-refractivity contribution in [1.82, 2.24) is 0 Å². The number of nitrogens with two attached hydrogens (primary N) is 1. The monoisotopic (exact) mass is 235 g/mol. The molecule has 1 aromatic rings. The molecule has 1 spiro atoms. The number of ether oxygens (including phenoxy) is 1. The number of guanidine groups is 1. The Morgan fingerprint density at radius 3 is 3.06 bits per heavy atom. The summed E-state index contributed by atoms with van der Waals surface area (Å²) in [5.41, 5.74) is 6.45. The molecule has 1 aromatic carbocycles. The van der Waals surface area contributed by atoms with Gasteiger partial charge in [-0.3, -0.25) is 4.99 Å². The molecule has 0 saturated carbocycles. The fraction of sp³-hybridized carbons (Fsp3) is 0.417. The first-order valence-corrected chi connectivity index (χ1v) is 5.65. The Hall–Kier alpha value is -1.62. The number of hydrogen-bond acceptors (Lipinski definition) is 4. The maximum atomic E-state index is 13.3. The molecule has 3 rings (SSSR count). The minimum absolute atomic E-state index is 0.210. The van der Waals surface area contributed by atoms with Crippen LogP contribution in [-0.2, 0) is 4.74 Å². The highest BCUT2D eigenvalue weighted by Gasteiger charge is 2.46. The molecule has 4 nitrogen and oxygen atoms in total. The Morgan fingerprint density at radius 2 is 2.35 bits per heavy atom. The van der Waals surface area contributed by atoms with Crippen molar-refractivity contribution in [2.45, 2.75) is 12.0 Å². The second-order valence-corrected chi connectivity index (χ2v) is 4.52. The molecule has 2 aliphatic heterocycles. The van der Waals surface area contributed by atoms with Crippen LogP contribution in [0.4, 0.5) is 10.1 Å². The standard InChI is InChI=1S/C12H14FN3O/c13-9-2-1-3-10(6-9)16-11(14)15-7-12(16)4-5-17-8-12/h1-3,6H,4-5,7-8H2,(H2,14,15). The Kier molecular flexibility index (Phi) is 2.29. The zero-order chi connectivity index (χ0) is 11.9. The lowest BCUT2D eigenvalue weighted by Gasteiger charge is -2.34. The number of hydrogen-bond donors (Lipinski definition) is 1. The van der Waals surface area contributed by atoms with Crippen LogP contribution in [0.15, 0.2) is 29.3 Å². The topological polar surface area (TPSA) is 50.9 Å². The number of halogens is 1. The van der Waals surface area contributed by atoms with E-state index >= 15 is 0 Å². The van der Waals surface area contributed by atoms with Gasteiger partial charge in [0.25, 0.3) is 0 Å². The van der Waals surface area contributed by atoms with Gasteiger partial charge in [-0.2, -0.15) is 0 Å². The molecule has 90 valence electrons. The van der Waals surface area contributed by atoms with Crippen molar-refractivity contribution in [2.75, 3.05) is 24.7 Å². The van der Waals surface area contributed by atoms with Crippen LogP contribution in [0.1, 0.15) is 6.42 Å². The number of nitrogens with zero attached hydrogens (tertiary/aromatic N) is 2. The van der Waals surface area contributed by atoms with Gasteiger partial charge in [0, 0.05) is 12.3 Å². The van der Waals surface area contributed by atoms with Crippen LogP contribution in [-0.4, -0.2) is 31.3 Å². The Labute approximate surface area is 98.9 Å². The van der Waals surface area contributed by atoms with Crippen molar-refractivity contribution in [1.29, 1.82) is 0 Å². The van der Waals surface area contributed by atoms with Crippen LogP contribution in [0, 0.1) is 5.82 Å². The van der Waals surface area contributed by atoms with Gasteiger partial charge in [0.15, 0.2) is 5.96 Å². The van der Waals surface area contributed by atoms with Crippen molar-refractivity contribution in [3.05, 3.63) is 30.1 Å². The third-order valence-corrected chi connectivity index (χ3v) is 3.39. The Morgan fingerprint density at radius 1 is 1.47 bits per heavy atom. The molecule has 0 radical (unpaired) electrons. The van der Waals surface area contributed by atoms with E-state index in [4.69, 9.17) is 10.5 Å². The minimum atomic E-state index is -0.267. The van der Waals surface area contributed by atoms with E-state index in [0.29, 0.717) is 25.7 Å². The quantitative estimate of drug-likeness (QED) is 0.793. The molecule has 0 aliphatic carbocycles. The molecule has 1 unspecified atom stereocenters. The van der Waals surface area contributed by atoms with Crippen molar-refractivity contribution in [3.63, 3.8) is 0 Å². The normalized spacial score (nSPS) is 27.8. The van der Waals surface area contributed by atoms with Gasteiger partial charge in [0.1, 0.15) is 5.82 Å². The van der Waals surface area contributed by atoms with Gasteiger partial charge < -0.3 is 15.4 Å². The van der Waals surface area contributed by atoms with Gasteiger partial charge in [-0.1, -0.05) is 6.07 Å². The zero-order valence-electron chi connectivity index (χ0n) is 9.40. The second-order valence-electron chi connectivity index (χ2n) is 4.52. The third kappa shape index (κ3) is 1.58. The van der Waals surface area contributed by atoms with Crippen LogP contribution < -0.4 is 10.6 Å². The maximum Gasteiger partial charge on any atom is 0.196 e. The Balaban J connectivity index is 2.01. The molecule has 0 amide bonds. The highest BCUT2D eigenvalue weighted by Crippen LogP contribution is 2.35. The van der Waals surface area contributed by atoms with Crippen molar-refractivity contribution < 1.29 is 9.13 Å². The average Bonchev–Trinajstić information content (AvgIpc) is 2.88. The zero-order valence-corrected chi connectivity index (χ0v) is 9.40. The van der Waals surface area contributed by atoms with Gasteiger partial charge in [0.2, 0.25) is 0 Å². The molecular weight excluding hydrogens is 221 g/mol. The lowest BCUT2D eigenvalue weighted by atomic mass is 9.97. The molecule has 2 heterocycles. The molecule has 1 atom stereocenters. The minimum Gasteiger partial charge on any atom is -0.379 e. The van der Waals surface area contributed by atoms with Crippen molar-refractivity contribution in [3.8, 4) is 0 Å². The van der Waals surface area contributed by atoms with E-state index < -0.39 is 0 Å². The maximum absolute atomic E-state index is 13.3. The van der Waals surface area contributed by atoms with Crippen molar-refractivity contribution >= 4 is 11.6 Å². The summed E-state index contributed by atoms with van der Waals surface area (Å²) in [4.78, 5) is 6.18. The van der Waals surface area contributed by atoms with E-state index in [1.807, 2.05) is 11.0 Å². The predicted octanol–water partition coefficient (Wildman–Crippen LogP) is 1.12. The van der Waals surface area contributed by atoms with Gasteiger partial charge in [0.05, 0.1) is 18.7 Å². The van der Waals surface area contributed by atoms with Gasteiger partial charge in [-0.15, -0.1) is 0 Å². The molecular formula is C12H14FN3O. The second kappa shape index (κ2) is 3.70. The first kappa shape index (κ1) is 10.5. The summed E-state index contributed by atoms with van der Waals surface area (Å²) in [5, 5.41) is 0. The molecule has 2 aliphatic rings. The van der Waals surface area contributed by atoms with E-state index in [0.717, 1.165) is 12.1 Å². The molecule has 2 N–H and O–H groups in total. The Bertz CT molecular complexity index is 469. The SMILES string of the molecule is NC1=NCC2(CCOC2)N1c1cccc(F)c1. The highest BCUT2D eigenvalue weighted by molar-refractivity contribution is 5.98. The van der Waals surface area contributed by atoms with E-state index in [9.17, 15) is 4.39 Å². The molecule has 1 saturated heterocycles. The highest BCUT2D eigenvalue weighted by atomic mass is 19.1. The largest absolute Gasteiger partial charge is 0.379 e. The summed E-state index contributed by atoms with van der Waals surface area (Å²) >= 11 is 0. The van der Waals surface area contributed by atoms with Crippen LogP contribution in [0.3, 0.4) is 0 Å². The molecule has 0 bridgehead atoms.